The number of carbonyl (C=O) groups excluding carboxylic acids is 1. The second kappa shape index (κ2) is 5.55. The van der Waals surface area contributed by atoms with Crippen LogP contribution >= 0.6 is 11.6 Å². The highest BCUT2D eigenvalue weighted by Crippen LogP contribution is 2.23. The van der Waals surface area contributed by atoms with Crippen LogP contribution in [0.1, 0.15) is 32.1 Å². The highest BCUT2D eigenvalue weighted by molar-refractivity contribution is 6.63. The molecule has 0 bridgehead atoms. The van der Waals surface area contributed by atoms with Crippen molar-refractivity contribution in [3.8, 4) is 0 Å². The van der Waals surface area contributed by atoms with E-state index in [4.69, 9.17) is 16.3 Å². The lowest BCUT2D eigenvalue weighted by molar-refractivity contribution is -0.116. The maximum absolute atomic E-state index is 10.3. The van der Waals surface area contributed by atoms with Gasteiger partial charge in [-0.1, -0.05) is 19.3 Å². The van der Waals surface area contributed by atoms with E-state index >= 15 is 0 Å². The number of rotatable bonds is 4. The zero-order valence-electron chi connectivity index (χ0n) is 7.22. The van der Waals surface area contributed by atoms with Crippen LogP contribution in [0.25, 0.3) is 0 Å². The van der Waals surface area contributed by atoms with Gasteiger partial charge >= 0.3 is 0 Å². The Morgan fingerprint density at radius 3 is 2.58 bits per heavy atom. The quantitative estimate of drug-likeness (QED) is 0.637. The fourth-order valence-electron chi connectivity index (χ4n) is 1.66. The molecular weight excluding hydrogens is 176 g/mol. The van der Waals surface area contributed by atoms with Crippen LogP contribution in [0.5, 0.6) is 0 Å². The topological polar surface area (TPSA) is 26.3 Å². The van der Waals surface area contributed by atoms with Crippen LogP contribution in [0.3, 0.4) is 0 Å². The molecule has 0 unspecified atom stereocenters. The molecule has 70 valence electrons. The lowest BCUT2D eigenvalue weighted by atomic mass is 9.90. The van der Waals surface area contributed by atoms with Crippen LogP contribution in [0.4, 0.5) is 0 Å². The number of ether oxygens (including phenoxy) is 1. The average Bonchev–Trinajstić information content (AvgIpc) is 2.05. The van der Waals surface area contributed by atoms with E-state index < -0.39 is 5.24 Å². The van der Waals surface area contributed by atoms with Crippen LogP contribution in [-0.4, -0.2) is 18.5 Å². The first-order valence-corrected chi connectivity index (χ1v) is 4.93. The Balaban J connectivity index is 2.01. The standard InChI is InChI=1S/C9H15ClO2/c10-9(11)7-12-6-8-4-2-1-3-5-8/h8H,1-7H2. The summed E-state index contributed by atoms with van der Waals surface area (Å²) in [4.78, 5) is 10.3. The maximum Gasteiger partial charge on any atom is 0.247 e. The van der Waals surface area contributed by atoms with Gasteiger partial charge in [-0.2, -0.15) is 0 Å². The molecule has 1 aliphatic carbocycles. The minimum Gasteiger partial charge on any atom is -0.372 e. The summed E-state index contributed by atoms with van der Waals surface area (Å²) >= 11 is 5.13. The van der Waals surface area contributed by atoms with Crippen molar-refractivity contribution in [3.05, 3.63) is 0 Å². The first-order chi connectivity index (χ1) is 5.79. The molecule has 0 aromatic carbocycles. The summed E-state index contributed by atoms with van der Waals surface area (Å²) in [6.07, 6.45) is 6.46. The van der Waals surface area contributed by atoms with Crippen LogP contribution in [-0.2, 0) is 9.53 Å². The Labute approximate surface area is 78.2 Å². The van der Waals surface area contributed by atoms with Crippen molar-refractivity contribution in [3.63, 3.8) is 0 Å². The summed E-state index contributed by atoms with van der Waals surface area (Å²) < 4.78 is 5.15. The number of hydrogen-bond acceptors (Lipinski definition) is 2. The maximum atomic E-state index is 10.3. The highest BCUT2D eigenvalue weighted by Gasteiger charge is 2.13. The van der Waals surface area contributed by atoms with E-state index in [1.165, 1.54) is 32.1 Å². The molecule has 0 amide bonds. The van der Waals surface area contributed by atoms with Crippen LogP contribution in [0.2, 0.25) is 0 Å². The lowest BCUT2D eigenvalue weighted by Crippen LogP contribution is -2.15. The number of hydrogen-bond donors (Lipinski definition) is 0. The van der Waals surface area contributed by atoms with Gasteiger partial charge in [-0.05, 0) is 30.4 Å². The molecule has 0 aromatic rings. The molecule has 1 rings (SSSR count). The van der Waals surface area contributed by atoms with Crippen molar-refractivity contribution in [2.75, 3.05) is 13.2 Å². The summed E-state index contributed by atoms with van der Waals surface area (Å²) in [5.74, 6) is 0.662. The Morgan fingerprint density at radius 2 is 2.00 bits per heavy atom. The predicted octanol–water partition coefficient (Wildman–Crippen LogP) is 2.35. The van der Waals surface area contributed by atoms with Gasteiger partial charge in [0.2, 0.25) is 5.24 Å². The van der Waals surface area contributed by atoms with Crippen LogP contribution < -0.4 is 0 Å². The van der Waals surface area contributed by atoms with E-state index in [1.807, 2.05) is 0 Å². The summed E-state index contributed by atoms with van der Waals surface area (Å²) in [5, 5.41) is -0.397. The first-order valence-electron chi connectivity index (χ1n) is 4.55. The van der Waals surface area contributed by atoms with Gasteiger partial charge in [0.05, 0.1) is 6.61 Å². The van der Waals surface area contributed by atoms with Gasteiger partial charge in [0.15, 0.2) is 0 Å². The Bertz CT molecular complexity index is 141. The molecule has 0 spiro atoms. The molecular formula is C9H15ClO2. The highest BCUT2D eigenvalue weighted by atomic mass is 35.5. The molecule has 0 aliphatic heterocycles. The van der Waals surface area contributed by atoms with Gasteiger partial charge in [-0.3, -0.25) is 4.79 Å². The molecule has 0 saturated heterocycles. The van der Waals surface area contributed by atoms with Gasteiger partial charge in [-0.15, -0.1) is 0 Å². The molecule has 3 heteroatoms. The second-order valence-electron chi connectivity index (χ2n) is 3.37. The minimum atomic E-state index is -0.397. The molecule has 0 heterocycles. The molecule has 1 fully saturated rings. The van der Waals surface area contributed by atoms with Gasteiger partial charge in [0.1, 0.15) is 6.61 Å². The lowest BCUT2D eigenvalue weighted by Gasteiger charge is -2.20. The summed E-state index contributed by atoms with van der Waals surface area (Å²) in [6, 6.07) is 0. The van der Waals surface area contributed by atoms with Crippen molar-refractivity contribution in [2.45, 2.75) is 32.1 Å². The van der Waals surface area contributed by atoms with Crippen molar-refractivity contribution in [2.24, 2.45) is 5.92 Å². The fourth-order valence-corrected chi connectivity index (χ4v) is 1.74. The SMILES string of the molecule is O=C(Cl)COCC1CCCCC1. The molecule has 1 saturated carbocycles. The molecule has 12 heavy (non-hydrogen) atoms. The zero-order valence-corrected chi connectivity index (χ0v) is 7.98. The monoisotopic (exact) mass is 190 g/mol. The van der Waals surface area contributed by atoms with Crippen molar-refractivity contribution in [1.29, 1.82) is 0 Å². The van der Waals surface area contributed by atoms with Gasteiger partial charge in [0, 0.05) is 0 Å². The number of halogens is 1. The smallest absolute Gasteiger partial charge is 0.247 e. The van der Waals surface area contributed by atoms with E-state index in [9.17, 15) is 4.79 Å². The first kappa shape index (κ1) is 10.0. The third-order valence-corrected chi connectivity index (χ3v) is 2.40. The predicted molar refractivity (Wildman–Crippen MR) is 48.3 cm³/mol. The van der Waals surface area contributed by atoms with E-state index in [0.29, 0.717) is 12.5 Å². The van der Waals surface area contributed by atoms with E-state index in [1.54, 1.807) is 0 Å². The largest absolute Gasteiger partial charge is 0.372 e. The third kappa shape index (κ3) is 4.07. The van der Waals surface area contributed by atoms with Gasteiger partial charge in [0.25, 0.3) is 0 Å². The minimum absolute atomic E-state index is 0.0675. The van der Waals surface area contributed by atoms with Gasteiger partial charge < -0.3 is 4.74 Å². The molecule has 0 atom stereocenters. The zero-order chi connectivity index (χ0) is 8.81. The summed E-state index contributed by atoms with van der Waals surface area (Å²) in [5.41, 5.74) is 0. The van der Waals surface area contributed by atoms with Crippen molar-refractivity contribution >= 4 is 16.8 Å². The second-order valence-corrected chi connectivity index (χ2v) is 3.80. The number of carbonyl (C=O) groups is 1. The van der Waals surface area contributed by atoms with Crippen LogP contribution in [0.15, 0.2) is 0 Å². The molecule has 0 radical (unpaired) electrons. The molecule has 2 nitrogen and oxygen atoms in total. The Hall–Kier alpha value is -0.0800. The molecule has 1 aliphatic rings. The van der Waals surface area contributed by atoms with E-state index in [-0.39, 0.29) is 6.61 Å². The van der Waals surface area contributed by atoms with Crippen LogP contribution in [0, 0.1) is 5.92 Å². The van der Waals surface area contributed by atoms with Gasteiger partial charge in [-0.25, -0.2) is 0 Å². The Kier molecular flexibility index (Phi) is 4.62. The third-order valence-electron chi connectivity index (χ3n) is 2.29. The summed E-state index contributed by atoms with van der Waals surface area (Å²) in [6.45, 7) is 0.774. The average molecular weight is 191 g/mol. The van der Waals surface area contributed by atoms with Crippen molar-refractivity contribution < 1.29 is 9.53 Å². The van der Waals surface area contributed by atoms with Crippen molar-refractivity contribution in [1.82, 2.24) is 0 Å². The van der Waals surface area contributed by atoms with E-state index in [2.05, 4.69) is 0 Å². The fraction of sp³-hybridized carbons (Fsp3) is 0.889. The van der Waals surface area contributed by atoms with E-state index in [0.717, 1.165) is 0 Å². The normalized spacial score (nSPS) is 19.4. The summed E-state index contributed by atoms with van der Waals surface area (Å²) in [7, 11) is 0. The molecule has 0 aromatic heterocycles. The Morgan fingerprint density at radius 1 is 1.33 bits per heavy atom. The molecule has 0 N–H and O–H groups in total.